The number of hydrogen-bond acceptors (Lipinski definition) is 1. The molecule has 3 nitrogen and oxygen atoms in total. The van der Waals surface area contributed by atoms with Crippen LogP contribution in [0.15, 0.2) is 219 Å². The van der Waals surface area contributed by atoms with Crippen LogP contribution in [0.4, 0.5) is 0 Å². The summed E-state index contributed by atoms with van der Waals surface area (Å²) in [4.78, 5) is 8.31. The van der Waals surface area contributed by atoms with Gasteiger partial charge in [-0.1, -0.05) is 182 Å². The smallest absolute Gasteiger partial charge is 0.179 e. The molecule has 0 saturated carbocycles. The molecule has 10 rings (SSSR count). The lowest BCUT2D eigenvalue weighted by Gasteiger charge is -2.34. The molecule has 1 N–H and O–H groups in total. The van der Waals surface area contributed by atoms with E-state index in [4.69, 9.17) is 4.98 Å². The molecule has 2 aromatic heterocycles. The highest BCUT2D eigenvalue weighted by molar-refractivity contribution is 7.19. The summed E-state index contributed by atoms with van der Waals surface area (Å²) in [6, 6.07) is 77.4. The van der Waals surface area contributed by atoms with Gasteiger partial charge in [-0.05, 0) is 67.8 Å². The van der Waals surface area contributed by atoms with Gasteiger partial charge in [-0.3, -0.25) is 0 Å². The van der Waals surface area contributed by atoms with Crippen LogP contribution in [0, 0.1) is 0 Å². The normalized spacial score (nSPS) is 11.6. The fourth-order valence-corrected chi connectivity index (χ4v) is 13.2. The fraction of sp³-hybridized carbons (Fsp3) is 0. The minimum absolute atomic E-state index is 0.853. The number of nitrogens with one attached hydrogen (secondary N) is 1. The van der Waals surface area contributed by atoms with Crippen LogP contribution in [0.25, 0.3) is 61.3 Å². The Balaban J connectivity index is 1.07. The molecule has 0 unspecified atom stereocenters. The Morgan fingerprint density at radius 2 is 0.909 bits per heavy atom. The third kappa shape index (κ3) is 5.63. The van der Waals surface area contributed by atoms with Crippen molar-refractivity contribution in [2.24, 2.45) is 0 Å². The van der Waals surface area contributed by atoms with Crippen molar-refractivity contribution < 1.29 is 0 Å². The number of hydrogen-bond donors (Lipinski definition) is 1. The van der Waals surface area contributed by atoms with E-state index in [0.29, 0.717) is 0 Å². The molecular weight excluding hydrogens is 683 g/mol. The van der Waals surface area contributed by atoms with Crippen molar-refractivity contribution in [1.29, 1.82) is 0 Å². The molecular formula is C51H37N3Si. The molecule has 10 aromatic rings. The Kier molecular flexibility index (Phi) is 8.16. The number of rotatable bonds is 8. The van der Waals surface area contributed by atoms with Crippen LogP contribution in [0.1, 0.15) is 0 Å². The first-order chi connectivity index (χ1) is 27.3. The van der Waals surface area contributed by atoms with Crippen LogP contribution in [-0.4, -0.2) is 22.6 Å². The molecule has 260 valence electrons. The van der Waals surface area contributed by atoms with Crippen molar-refractivity contribution in [3.8, 4) is 39.5 Å². The van der Waals surface area contributed by atoms with E-state index in [9.17, 15) is 0 Å². The number of fused-ring (bicyclic) bond motifs is 3. The summed E-state index contributed by atoms with van der Waals surface area (Å²) >= 11 is 0. The van der Waals surface area contributed by atoms with E-state index in [1.165, 1.54) is 53.7 Å². The molecule has 0 atom stereocenters. The molecule has 0 spiro atoms. The quantitative estimate of drug-likeness (QED) is 0.123. The number of benzene rings is 8. The molecule has 0 amide bonds. The molecule has 0 aliphatic carbocycles. The van der Waals surface area contributed by atoms with Gasteiger partial charge in [0.1, 0.15) is 5.82 Å². The second-order valence-electron chi connectivity index (χ2n) is 14.1. The molecule has 8 aromatic carbocycles. The van der Waals surface area contributed by atoms with E-state index in [2.05, 4.69) is 216 Å². The predicted molar refractivity (Wildman–Crippen MR) is 233 cm³/mol. The fourth-order valence-electron chi connectivity index (χ4n) is 8.43. The van der Waals surface area contributed by atoms with Crippen molar-refractivity contribution in [2.75, 3.05) is 0 Å². The van der Waals surface area contributed by atoms with Gasteiger partial charge in [-0.2, -0.15) is 0 Å². The van der Waals surface area contributed by atoms with Gasteiger partial charge in [-0.15, -0.1) is 0 Å². The van der Waals surface area contributed by atoms with Gasteiger partial charge in [0.05, 0.1) is 22.9 Å². The molecule has 4 heteroatoms. The summed E-state index contributed by atoms with van der Waals surface area (Å²) in [6.07, 6.45) is 1.92. The van der Waals surface area contributed by atoms with E-state index in [1.807, 2.05) is 12.3 Å². The van der Waals surface area contributed by atoms with Crippen molar-refractivity contribution in [1.82, 2.24) is 14.5 Å². The van der Waals surface area contributed by atoms with Crippen molar-refractivity contribution in [3.05, 3.63) is 219 Å². The summed E-state index contributed by atoms with van der Waals surface area (Å²) < 4.78 is 2.38. The van der Waals surface area contributed by atoms with E-state index >= 15 is 0 Å². The first-order valence-corrected chi connectivity index (χ1v) is 20.8. The van der Waals surface area contributed by atoms with E-state index < -0.39 is 8.07 Å². The van der Waals surface area contributed by atoms with E-state index in [1.54, 1.807) is 0 Å². The Bertz CT molecular complexity index is 2800. The van der Waals surface area contributed by atoms with Gasteiger partial charge in [-0.25, -0.2) is 4.98 Å². The first kappa shape index (κ1) is 32.6. The molecule has 0 bridgehead atoms. The Labute approximate surface area is 321 Å². The summed E-state index contributed by atoms with van der Waals surface area (Å²) in [6.45, 7) is 0. The Hall–Kier alpha value is -7.01. The zero-order valence-corrected chi connectivity index (χ0v) is 31.2. The summed E-state index contributed by atoms with van der Waals surface area (Å²) in [5.74, 6) is 0.853. The van der Waals surface area contributed by atoms with Crippen LogP contribution in [0.3, 0.4) is 0 Å². The zero-order chi connectivity index (χ0) is 36.6. The third-order valence-corrected chi connectivity index (χ3v) is 15.8. The van der Waals surface area contributed by atoms with Gasteiger partial charge in [0.25, 0.3) is 0 Å². The largest absolute Gasteiger partial charge is 0.338 e. The molecule has 0 aliphatic rings. The lowest BCUT2D eigenvalue weighted by atomic mass is 10.0. The second-order valence-corrected chi connectivity index (χ2v) is 17.9. The van der Waals surface area contributed by atoms with Crippen LogP contribution in [0.2, 0.25) is 0 Å². The van der Waals surface area contributed by atoms with Gasteiger partial charge in [0.15, 0.2) is 8.07 Å². The van der Waals surface area contributed by atoms with Crippen LogP contribution in [0.5, 0.6) is 0 Å². The average molecular weight is 720 g/mol. The lowest BCUT2D eigenvalue weighted by molar-refractivity contribution is 1.18. The molecule has 55 heavy (non-hydrogen) atoms. The maximum Gasteiger partial charge on any atom is 0.179 e. The molecule has 0 saturated heterocycles. The maximum atomic E-state index is 4.77. The van der Waals surface area contributed by atoms with Crippen LogP contribution >= 0.6 is 0 Å². The van der Waals surface area contributed by atoms with Gasteiger partial charge >= 0.3 is 0 Å². The zero-order valence-electron chi connectivity index (χ0n) is 30.2. The number of imidazole rings is 1. The Morgan fingerprint density at radius 3 is 1.56 bits per heavy atom. The van der Waals surface area contributed by atoms with Crippen molar-refractivity contribution in [3.63, 3.8) is 0 Å². The van der Waals surface area contributed by atoms with Gasteiger partial charge < -0.3 is 9.55 Å². The van der Waals surface area contributed by atoms with Crippen molar-refractivity contribution >= 4 is 50.6 Å². The molecule has 0 aliphatic heterocycles. The highest BCUT2D eigenvalue weighted by Crippen LogP contribution is 2.36. The molecule has 2 heterocycles. The average Bonchev–Trinajstić information content (AvgIpc) is 3.90. The highest BCUT2D eigenvalue weighted by Gasteiger charge is 2.41. The minimum atomic E-state index is -2.59. The SMILES string of the molecule is c1ccc(-c2cnc(-c3cccc(-n4c5ccccc5c5cc(-c6ccc([Si](c7ccccc7)(c7ccccc7)c7ccccc7)cc6)ccc54)c3)[nH]2)cc1. The van der Waals surface area contributed by atoms with Crippen LogP contribution < -0.4 is 20.7 Å². The number of para-hydroxylation sites is 1. The standard InChI is InChI=1S/C51H37N3Si/c1-5-16-38(17-6-1)48-36-52-51(53-48)40-18-15-19-41(34-40)54-49-27-14-13-26-46(49)47-35-39(30-33-50(47)54)37-28-31-45(32-29-37)55(42-20-7-2-8-21-42,43-22-9-3-10-23-43)44-24-11-4-12-25-44/h1-36H,(H,52,53). The number of nitrogens with zero attached hydrogens (tertiary/aromatic N) is 2. The molecule has 0 radical (unpaired) electrons. The maximum absolute atomic E-state index is 4.77. The van der Waals surface area contributed by atoms with E-state index in [0.717, 1.165) is 28.3 Å². The Morgan fingerprint density at radius 1 is 0.382 bits per heavy atom. The second kappa shape index (κ2) is 13.8. The van der Waals surface area contributed by atoms with E-state index in [-0.39, 0.29) is 0 Å². The molecule has 0 fully saturated rings. The third-order valence-electron chi connectivity index (χ3n) is 11.0. The first-order valence-electron chi connectivity index (χ1n) is 18.8. The van der Waals surface area contributed by atoms with Gasteiger partial charge in [0, 0.05) is 22.0 Å². The number of aromatic amines is 1. The van der Waals surface area contributed by atoms with Crippen LogP contribution in [-0.2, 0) is 0 Å². The topological polar surface area (TPSA) is 33.6 Å². The summed E-state index contributed by atoms with van der Waals surface area (Å²) in [5, 5.41) is 7.96. The number of H-pyrrole nitrogens is 1. The van der Waals surface area contributed by atoms with Gasteiger partial charge in [0.2, 0.25) is 0 Å². The monoisotopic (exact) mass is 719 g/mol. The van der Waals surface area contributed by atoms with Crippen molar-refractivity contribution in [2.45, 2.75) is 0 Å². The lowest BCUT2D eigenvalue weighted by Crippen LogP contribution is -2.74. The summed E-state index contributed by atoms with van der Waals surface area (Å²) in [7, 11) is -2.59. The minimum Gasteiger partial charge on any atom is -0.338 e. The number of aromatic nitrogens is 3. The summed E-state index contributed by atoms with van der Waals surface area (Å²) in [5.41, 5.74) is 9.02. The highest BCUT2D eigenvalue weighted by atomic mass is 28.3. The predicted octanol–water partition coefficient (Wildman–Crippen LogP) is 9.89.